The fourth-order valence-corrected chi connectivity index (χ4v) is 3.50. The van der Waals surface area contributed by atoms with Gasteiger partial charge in [0.05, 0.1) is 30.6 Å². The van der Waals surface area contributed by atoms with Gasteiger partial charge < -0.3 is 14.8 Å². The zero-order valence-electron chi connectivity index (χ0n) is 13.1. The smallest absolute Gasteiger partial charge is 0.161 e. The lowest BCUT2D eigenvalue weighted by Crippen LogP contribution is -2.45. The molecule has 1 heterocycles. The Kier molecular flexibility index (Phi) is 5.05. The average Bonchev–Trinajstić information content (AvgIpc) is 2.69. The van der Waals surface area contributed by atoms with Crippen LogP contribution in [0.15, 0.2) is 6.20 Å². The van der Waals surface area contributed by atoms with Crippen LogP contribution in [0.5, 0.6) is 5.75 Å². The Balaban J connectivity index is 2.40. The second kappa shape index (κ2) is 6.59. The first kappa shape index (κ1) is 15.3. The molecule has 5 nitrogen and oxygen atoms in total. The van der Waals surface area contributed by atoms with Gasteiger partial charge >= 0.3 is 0 Å². The quantitative estimate of drug-likeness (QED) is 0.842. The third-order valence-corrected chi connectivity index (χ3v) is 4.61. The largest absolute Gasteiger partial charge is 0.493 e. The van der Waals surface area contributed by atoms with Crippen molar-refractivity contribution >= 4 is 0 Å². The van der Waals surface area contributed by atoms with Crippen LogP contribution in [0, 0.1) is 0 Å². The lowest BCUT2D eigenvalue weighted by atomic mass is 9.84. The normalized spacial score (nSPS) is 20.4. The van der Waals surface area contributed by atoms with E-state index in [0.29, 0.717) is 0 Å². The highest BCUT2D eigenvalue weighted by molar-refractivity contribution is 5.30. The molecule has 1 aromatic heterocycles. The van der Waals surface area contributed by atoms with E-state index in [1.54, 1.807) is 13.3 Å². The monoisotopic (exact) mass is 281 g/mol. The molecule has 1 aliphatic rings. The number of methoxy groups -OCH3 is 2. The van der Waals surface area contributed by atoms with Crippen molar-refractivity contribution in [3.63, 3.8) is 0 Å². The fourth-order valence-electron chi connectivity index (χ4n) is 3.50. The predicted molar refractivity (Wildman–Crippen MR) is 79.0 cm³/mol. The Morgan fingerprint density at radius 2 is 1.90 bits per heavy atom. The summed E-state index contributed by atoms with van der Waals surface area (Å²) in [5.74, 6) is 0.826. The molecule has 2 rings (SSSR count). The van der Waals surface area contributed by atoms with Crippen molar-refractivity contribution < 1.29 is 9.47 Å². The van der Waals surface area contributed by atoms with Gasteiger partial charge in [0.25, 0.3) is 0 Å². The molecule has 0 spiro atoms. The van der Waals surface area contributed by atoms with Gasteiger partial charge in [-0.25, -0.2) is 0 Å². The molecule has 20 heavy (non-hydrogen) atoms. The van der Waals surface area contributed by atoms with Crippen LogP contribution in [0.2, 0.25) is 0 Å². The van der Waals surface area contributed by atoms with Crippen LogP contribution in [-0.2, 0) is 11.8 Å². The Morgan fingerprint density at radius 1 is 1.25 bits per heavy atom. The van der Waals surface area contributed by atoms with Gasteiger partial charge in [0, 0.05) is 14.2 Å². The molecule has 1 fully saturated rings. The van der Waals surface area contributed by atoms with Crippen LogP contribution < -0.4 is 10.1 Å². The molecule has 1 aliphatic carbocycles. The lowest BCUT2D eigenvalue weighted by molar-refractivity contribution is -0.0546. The van der Waals surface area contributed by atoms with Gasteiger partial charge in [-0.1, -0.05) is 25.7 Å². The average molecular weight is 281 g/mol. The van der Waals surface area contributed by atoms with E-state index in [1.807, 2.05) is 25.9 Å². The molecule has 1 aromatic rings. The van der Waals surface area contributed by atoms with Crippen LogP contribution in [-0.4, -0.2) is 36.6 Å². The number of ether oxygens (including phenoxy) is 2. The first-order chi connectivity index (χ1) is 9.68. The van der Waals surface area contributed by atoms with Crippen molar-refractivity contribution in [3.8, 4) is 5.75 Å². The maximum Gasteiger partial charge on any atom is 0.161 e. The minimum atomic E-state index is -0.174. The van der Waals surface area contributed by atoms with E-state index in [-0.39, 0.29) is 11.6 Å². The van der Waals surface area contributed by atoms with Crippen LogP contribution in [0.4, 0.5) is 0 Å². The Bertz CT molecular complexity index is 423. The number of rotatable bonds is 5. The van der Waals surface area contributed by atoms with Crippen molar-refractivity contribution in [2.75, 3.05) is 21.3 Å². The van der Waals surface area contributed by atoms with Gasteiger partial charge in [-0.2, -0.15) is 5.10 Å². The number of hydrogen-bond acceptors (Lipinski definition) is 4. The predicted octanol–water partition coefficient (Wildman–Crippen LogP) is 2.43. The first-order valence-electron chi connectivity index (χ1n) is 7.47. The number of nitrogens with one attached hydrogen (secondary N) is 1. The van der Waals surface area contributed by atoms with Crippen LogP contribution in [0.1, 0.15) is 50.3 Å². The van der Waals surface area contributed by atoms with Crippen LogP contribution in [0.3, 0.4) is 0 Å². The molecule has 0 aromatic carbocycles. The van der Waals surface area contributed by atoms with Gasteiger partial charge in [0.1, 0.15) is 0 Å². The van der Waals surface area contributed by atoms with E-state index < -0.39 is 0 Å². The van der Waals surface area contributed by atoms with Crippen molar-refractivity contribution in [2.45, 2.75) is 50.2 Å². The molecule has 0 amide bonds. The van der Waals surface area contributed by atoms with Crippen molar-refractivity contribution in [1.29, 1.82) is 0 Å². The molecule has 0 radical (unpaired) electrons. The first-order valence-corrected chi connectivity index (χ1v) is 7.47. The lowest BCUT2D eigenvalue weighted by Gasteiger charge is -2.39. The molecule has 1 unspecified atom stereocenters. The van der Waals surface area contributed by atoms with Crippen LogP contribution >= 0.6 is 0 Å². The zero-order valence-corrected chi connectivity index (χ0v) is 13.1. The number of aryl methyl sites for hydroxylation is 1. The van der Waals surface area contributed by atoms with E-state index in [2.05, 4.69) is 10.4 Å². The molecule has 0 aliphatic heterocycles. The van der Waals surface area contributed by atoms with Gasteiger partial charge in [0.2, 0.25) is 0 Å². The summed E-state index contributed by atoms with van der Waals surface area (Å²) in [6.07, 6.45) is 8.94. The summed E-state index contributed by atoms with van der Waals surface area (Å²) < 4.78 is 13.4. The highest BCUT2D eigenvalue weighted by Crippen LogP contribution is 2.42. The molecule has 0 saturated heterocycles. The highest BCUT2D eigenvalue weighted by atomic mass is 16.5. The highest BCUT2D eigenvalue weighted by Gasteiger charge is 2.42. The summed E-state index contributed by atoms with van der Waals surface area (Å²) in [6, 6.07) is 0.0908. The molecule has 0 bridgehead atoms. The van der Waals surface area contributed by atoms with Gasteiger partial charge in [-0.15, -0.1) is 0 Å². The molecule has 114 valence electrons. The van der Waals surface area contributed by atoms with E-state index in [1.165, 1.54) is 25.7 Å². The Labute approximate surface area is 121 Å². The van der Waals surface area contributed by atoms with Crippen molar-refractivity contribution in [2.24, 2.45) is 7.05 Å². The third-order valence-electron chi connectivity index (χ3n) is 4.61. The van der Waals surface area contributed by atoms with Gasteiger partial charge in [-0.3, -0.25) is 4.68 Å². The summed E-state index contributed by atoms with van der Waals surface area (Å²) in [5.41, 5.74) is 0.894. The van der Waals surface area contributed by atoms with E-state index in [0.717, 1.165) is 24.3 Å². The molecule has 1 saturated carbocycles. The van der Waals surface area contributed by atoms with E-state index in [4.69, 9.17) is 9.47 Å². The Morgan fingerprint density at radius 3 is 2.40 bits per heavy atom. The number of hydrogen-bond donors (Lipinski definition) is 1. The summed E-state index contributed by atoms with van der Waals surface area (Å²) in [4.78, 5) is 0. The zero-order chi connectivity index (χ0) is 14.6. The van der Waals surface area contributed by atoms with Crippen molar-refractivity contribution in [1.82, 2.24) is 15.1 Å². The number of nitrogens with zero attached hydrogens (tertiary/aromatic N) is 2. The van der Waals surface area contributed by atoms with Crippen molar-refractivity contribution in [3.05, 3.63) is 11.9 Å². The summed E-state index contributed by atoms with van der Waals surface area (Å²) in [6.45, 7) is 0. The minimum Gasteiger partial charge on any atom is -0.493 e. The van der Waals surface area contributed by atoms with Crippen LogP contribution in [0.25, 0.3) is 0 Å². The Hall–Kier alpha value is -1.07. The minimum absolute atomic E-state index is 0.0908. The molecule has 1 atom stereocenters. The SMILES string of the molecule is CNC(c1c(OC)cnn1C)C1(OC)CCCCCC1. The molecule has 5 heteroatoms. The second-order valence-corrected chi connectivity index (χ2v) is 5.63. The summed E-state index contributed by atoms with van der Waals surface area (Å²) >= 11 is 0. The summed E-state index contributed by atoms with van der Waals surface area (Å²) in [5, 5.41) is 7.78. The number of likely N-dealkylation sites (N-methyl/N-ethyl adjacent to an activating group) is 1. The van der Waals surface area contributed by atoms with E-state index >= 15 is 0 Å². The topological polar surface area (TPSA) is 48.3 Å². The third kappa shape index (κ3) is 2.69. The van der Waals surface area contributed by atoms with E-state index in [9.17, 15) is 0 Å². The fraction of sp³-hybridized carbons (Fsp3) is 0.800. The molecular formula is C15H27N3O2. The van der Waals surface area contributed by atoms with Gasteiger partial charge in [-0.05, 0) is 19.9 Å². The second-order valence-electron chi connectivity index (χ2n) is 5.63. The maximum absolute atomic E-state index is 6.03. The van der Waals surface area contributed by atoms with Gasteiger partial charge in [0.15, 0.2) is 5.75 Å². The maximum atomic E-state index is 6.03. The molecular weight excluding hydrogens is 254 g/mol. The molecule has 1 N–H and O–H groups in total. The summed E-state index contributed by atoms with van der Waals surface area (Å²) in [7, 11) is 7.48. The number of aromatic nitrogens is 2. The standard InChI is InChI=1S/C15H27N3O2/c1-16-14(13-12(19-3)11-17-18(13)2)15(20-4)9-7-5-6-8-10-15/h11,14,16H,5-10H2,1-4H3.